The number of fused-ring (bicyclic) bond motifs is 1. The van der Waals surface area contributed by atoms with Crippen LogP contribution in [0.4, 0.5) is 0 Å². The number of hydrogen-bond acceptors (Lipinski definition) is 2. The van der Waals surface area contributed by atoms with Crippen LogP contribution in [0.2, 0.25) is 0 Å². The van der Waals surface area contributed by atoms with E-state index in [9.17, 15) is 4.79 Å². The molecule has 2 rings (SSSR count). The highest BCUT2D eigenvalue weighted by Crippen LogP contribution is 2.51. The Morgan fingerprint density at radius 3 is 2.83 bits per heavy atom. The Morgan fingerprint density at radius 1 is 1.33 bits per heavy atom. The molecule has 0 saturated heterocycles. The molecule has 2 aliphatic carbocycles. The van der Waals surface area contributed by atoms with E-state index in [1.807, 2.05) is 6.92 Å². The summed E-state index contributed by atoms with van der Waals surface area (Å²) < 4.78 is 5.01. The second-order valence-corrected chi connectivity index (χ2v) is 4.02. The lowest BCUT2D eigenvalue weighted by Gasteiger charge is -2.18. The maximum atomic E-state index is 11.3. The average molecular weight is 168 g/mol. The molecule has 2 fully saturated rings. The Hall–Kier alpha value is -0.530. The molecule has 3 unspecified atom stereocenters. The molecule has 2 nitrogen and oxygen atoms in total. The molecule has 0 aromatic carbocycles. The molecule has 2 saturated carbocycles. The quantitative estimate of drug-likeness (QED) is 0.589. The van der Waals surface area contributed by atoms with E-state index in [4.69, 9.17) is 4.74 Å². The summed E-state index contributed by atoms with van der Waals surface area (Å²) in [5, 5.41) is 0. The zero-order valence-corrected chi connectivity index (χ0v) is 7.58. The molecule has 0 aromatic rings. The van der Waals surface area contributed by atoms with E-state index in [0.29, 0.717) is 6.61 Å². The number of ether oxygens (including phenoxy) is 1. The second-order valence-electron chi connectivity index (χ2n) is 4.02. The molecule has 2 heteroatoms. The average Bonchev–Trinajstić information content (AvgIpc) is 2.81. The molecule has 0 bridgehead atoms. The van der Waals surface area contributed by atoms with E-state index in [-0.39, 0.29) is 11.9 Å². The fourth-order valence-electron chi connectivity index (χ4n) is 2.33. The van der Waals surface area contributed by atoms with Gasteiger partial charge < -0.3 is 4.74 Å². The second kappa shape index (κ2) is 3.08. The highest BCUT2D eigenvalue weighted by atomic mass is 16.5. The Kier molecular flexibility index (Phi) is 2.07. The van der Waals surface area contributed by atoms with E-state index in [0.717, 1.165) is 24.7 Å². The first-order valence-corrected chi connectivity index (χ1v) is 4.98. The van der Waals surface area contributed by atoms with Gasteiger partial charge in [0.1, 0.15) is 0 Å². The van der Waals surface area contributed by atoms with Gasteiger partial charge in [-0.1, -0.05) is 0 Å². The van der Waals surface area contributed by atoms with E-state index >= 15 is 0 Å². The normalized spacial score (nSPS) is 38.6. The van der Waals surface area contributed by atoms with Crippen LogP contribution in [0.5, 0.6) is 0 Å². The van der Waals surface area contributed by atoms with Crippen molar-refractivity contribution in [2.24, 2.45) is 17.8 Å². The third-order valence-corrected chi connectivity index (χ3v) is 3.16. The molecule has 0 amide bonds. The summed E-state index contributed by atoms with van der Waals surface area (Å²) in [7, 11) is 0. The van der Waals surface area contributed by atoms with Gasteiger partial charge in [-0.15, -0.1) is 0 Å². The van der Waals surface area contributed by atoms with Crippen LogP contribution in [0.25, 0.3) is 0 Å². The Labute approximate surface area is 73.3 Å². The van der Waals surface area contributed by atoms with Crippen molar-refractivity contribution in [3.05, 3.63) is 0 Å². The van der Waals surface area contributed by atoms with Gasteiger partial charge in [0, 0.05) is 0 Å². The summed E-state index contributed by atoms with van der Waals surface area (Å²) in [4.78, 5) is 11.3. The maximum Gasteiger partial charge on any atom is 0.308 e. The Balaban J connectivity index is 1.83. The molecule has 0 spiro atoms. The highest BCUT2D eigenvalue weighted by Gasteiger charge is 2.44. The van der Waals surface area contributed by atoms with Crippen LogP contribution in [-0.2, 0) is 9.53 Å². The zero-order chi connectivity index (χ0) is 8.55. The molecule has 0 heterocycles. The summed E-state index contributed by atoms with van der Waals surface area (Å²) in [5.74, 6) is 2.11. The third kappa shape index (κ3) is 1.47. The monoisotopic (exact) mass is 168 g/mol. The van der Waals surface area contributed by atoms with Crippen LogP contribution in [0.15, 0.2) is 0 Å². The fraction of sp³-hybridized carbons (Fsp3) is 0.900. The number of hydrogen-bond donors (Lipinski definition) is 0. The standard InChI is InChI=1S/C10H16O2/c1-2-12-10(11)8-4-3-7-5-9(7)6-8/h7-9H,2-6H2,1H3. The fourth-order valence-corrected chi connectivity index (χ4v) is 2.33. The molecule has 0 N–H and O–H groups in total. The first-order chi connectivity index (χ1) is 5.81. The van der Waals surface area contributed by atoms with Crippen molar-refractivity contribution in [3.8, 4) is 0 Å². The Morgan fingerprint density at radius 2 is 2.17 bits per heavy atom. The maximum absolute atomic E-state index is 11.3. The lowest BCUT2D eigenvalue weighted by molar-refractivity contribution is -0.149. The van der Waals surface area contributed by atoms with Gasteiger partial charge in [-0.05, 0) is 44.4 Å². The molecule has 2 aliphatic rings. The third-order valence-electron chi connectivity index (χ3n) is 3.16. The van der Waals surface area contributed by atoms with Crippen molar-refractivity contribution in [2.45, 2.75) is 32.6 Å². The van der Waals surface area contributed by atoms with Gasteiger partial charge in [-0.25, -0.2) is 0 Å². The molecule has 68 valence electrons. The van der Waals surface area contributed by atoms with Crippen LogP contribution in [-0.4, -0.2) is 12.6 Å². The summed E-state index contributed by atoms with van der Waals surface area (Å²) in [6, 6.07) is 0. The van der Waals surface area contributed by atoms with Crippen LogP contribution in [0, 0.1) is 17.8 Å². The van der Waals surface area contributed by atoms with Gasteiger partial charge in [0.25, 0.3) is 0 Å². The van der Waals surface area contributed by atoms with E-state index in [1.54, 1.807) is 0 Å². The van der Waals surface area contributed by atoms with Crippen molar-refractivity contribution in [3.63, 3.8) is 0 Å². The summed E-state index contributed by atoms with van der Waals surface area (Å²) >= 11 is 0. The van der Waals surface area contributed by atoms with Gasteiger partial charge in [-0.3, -0.25) is 4.79 Å². The van der Waals surface area contributed by atoms with E-state index < -0.39 is 0 Å². The van der Waals surface area contributed by atoms with Crippen molar-refractivity contribution >= 4 is 5.97 Å². The summed E-state index contributed by atoms with van der Waals surface area (Å²) in [5.41, 5.74) is 0. The zero-order valence-electron chi connectivity index (χ0n) is 7.58. The van der Waals surface area contributed by atoms with Crippen LogP contribution in [0.3, 0.4) is 0 Å². The highest BCUT2D eigenvalue weighted by molar-refractivity contribution is 5.72. The lowest BCUT2D eigenvalue weighted by Crippen LogP contribution is -2.21. The van der Waals surface area contributed by atoms with E-state index in [1.165, 1.54) is 12.8 Å². The van der Waals surface area contributed by atoms with Crippen molar-refractivity contribution in [1.29, 1.82) is 0 Å². The minimum Gasteiger partial charge on any atom is -0.466 e. The molecule has 0 aliphatic heterocycles. The Bertz CT molecular complexity index is 188. The molecule has 3 atom stereocenters. The number of carbonyl (C=O) groups excluding carboxylic acids is 1. The lowest BCUT2D eigenvalue weighted by atomic mass is 9.89. The largest absolute Gasteiger partial charge is 0.466 e. The summed E-state index contributed by atoms with van der Waals surface area (Å²) in [6.07, 6.45) is 4.80. The molecule has 0 radical (unpaired) electrons. The van der Waals surface area contributed by atoms with Gasteiger partial charge in [-0.2, -0.15) is 0 Å². The minimum atomic E-state index is 0.0443. The predicted octanol–water partition coefficient (Wildman–Crippen LogP) is 1.99. The first kappa shape index (κ1) is 8.09. The number of esters is 1. The topological polar surface area (TPSA) is 26.3 Å². The van der Waals surface area contributed by atoms with Gasteiger partial charge >= 0.3 is 5.97 Å². The van der Waals surface area contributed by atoms with Crippen molar-refractivity contribution < 1.29 is 9.53 Å². The van der Waals surface area contributed by atoms with Crippen LogP contribution >= 0.6 is 0 Å². The number of carbonyl (C=O) groups is 1. The molecular formula is C10H16O2. The van der Waals surface area contributed by atoms with Crippen molar-refractivity contribution in [1.82, 2.24) is 0 Å². The number of rotatable bonds is 2. The van der Waals surface area contributed by atoms with Crippen LogP contribution in [0.1, 0.15) is 32.6 Å². The summed E-state index contributed by atoms with van der Waals surface area (Å²) in [6.45, 7) is 2.41. The minimum absolute atomic E-state index is 0.0443. The van der Waals surface area contributed by atoms with Gasteiger partial charge in [0.05, 0.1) is 12.5 Å². The predicted molar refractivity (Wildman–Crippen MR) is 45.6 cm³/mol. The molecule has 0 aromatic heterocycles. The van der Waals surface area contributed by atoms with E-state index in [2.05, 4.69) is 0 Å². The SMILES string of the molecule is CCOC(=O)C1CCC2CC2C1. The first-order valence-electron chi connectivity index (χ1n) is 4.98. The molecular weight excluding hydrogens is 152 g/mol. The van der Waals surface area contributed by atoms with Gasteiger partial charge in [0.2, 0.25) is 0 Å². The van der Waals surface area contributed by atoms with Crippen molar-refractivity contribution in [2.75, 3.05) is 6.61 Å². The molecule has 12 heavy (non-hydrogen) atoms. The van der Waals surface area contributed by atoms with Gasteiger partial charge in [0.15, 0.2) is 0 Å². The van der Waals surface area contributed by atoms with Crippen LogP contribution < -0.4 is 0 Å². The smallest absolute Gasteiger partial charge is 0.308 e.